The Morgan fingerprint density at radius 2 is 1.95 bits per heavy atom. The Morgan fingerprint density at radius 1 is 1.20 bits per heavy atom. The SMILES string of the molecule is COCCOc1ccc(NCc2cc(Br)c(C)s2)cc1. The van der Waals surface area contributed by atoms with Crippen LogP contribution >= 0.6 is 27.3 Å². The van der Waals surface area contributed by atoms with Crippen molar-refractivity contribution in [1.82, 2.24) is 0 Å². The minimum atomic E-state index is 0.575. The van der Waals surface area contributed by atoms with Gasteiger partial charge < -0.3 is 14.8 Å². The van der Waals surface area contributed by atoms with E-state index in [9.17, 15) is 0 Å². The van der Waals surface area contributed by atoms with Gasteiger partial charge in [0.1, 0.15) is 12.4 Å². The van der Waals surface area contributed by atoms with E-state index in [0.717, 1.165) is 18.0 Å². The molecular formula is C15H18BrNO2S. The van der Waals surface area contributed by atoms with Gasteiger partial charge in [-0.1, -0.05) is 0 Å². The predicted octanol–water partition coefficient (Wildman–Crippen LogP) is 4.46. The second kappa shape index (κ2) is 7.67. The second-order valence-electron chi connectivity index (χ2n) is 4.34. The zero-order chi connectivity index (χ0) is 14.4. The number of benzene rings is 1. The molecule has 0 fully saturated rings. The van der Waals surface area contributed by atoms with Crippen molar-refractivity contribution in [3.8, 4) is 5.75 Å². The lowest BCUT2D eigenvalue weighted by atomic mass is 10.3. The third-order valence-corrected chi connectivity index (χ3v) is 4.92. The minimum Gasteiger partial charge on any atom is -0.491 e. The van der Waals surface area contributed by atoms with Gasteiger partial charge in [-0.3, -0.25) is 0 Å². The first-order valence-corrected chi connectivity index (χ1v) is 8.00. The topological polar surface area (TPSA) is 30.5 Å². The van der Waals surface area contributed by atoms with E-state index in [-0.39, 0.29) is 0 Å². The molecule has 20 heavy (non-hydrogen) atoms. The summed E-state index contributed by atoms with van der Waals surface area (Å²) in [5.74, 6) is 0.863. The lowest BCUT2D eigenvalue weighted by Crippen LogP contribution is -2.04. The molecule has 0 saturated heterocycles. The highest BCUT2D eigenvalue weighted by Crippen LogP contribution is 2.27. The molecule has 2 aromatic rings. The van der Waals surface area contributed by atoms with Crippen LogP contribution in [0.25, 0.3) is 0 Å². The highest BCUT2D eigenvalue weighted by atomic mass is 79.9. The molecule has 1 aromatic heterocycles. The monoisotopic (exact) mass is 355 g/mol. The number of hydrogen-bond donors (Lipinski definition) is 1. The third kappa shape index (κ3) is 4.51. The standard InChI is InChI=1S/C15H18BrNO2S/c1-11-15(16)9-14(20-11)10-17-12-3-5-13(6-4-12)19-8-7-18-2/h3-6,9,17H,7-8,10H2,1-2H3. The molecule has 0 radical (unpaired) electrons. The van der Waals surface area contributed by atoms with Crippen molar-refractivity contribution < 1.29 is 9.47 Å². The average molecular weight is 356 g/mol. The van der Waals surface area contributed by atoms with Gasteiger partial charge >= 0.3 is 0 Å². The van der Waals surface area contributed by atoms with E-state index < -0.39 is 0 Å². The highest BCUT2D eigenvalue weighted by Gasteiger charge is 2.02. The summed E-state index contributed by atoms with van der Waals surface area (Å²) in [5, 5.41) is 3.41. The molecule has 1 heterocycles. The van der Waals surface area contributed by atoms with Crippen molar-refractivity contribution in [2.75, 3.05) is 25.6 Å². The van der Waals surface area contributed by atoms with Crippen molar-refractivity contribution in [3.63, 3.8) is 0 Å². The van der Waals surface area contributed by atoms with Gasteiger partial charge in [-0.2, -0.15) is 0 Å². The van der Waals surface area contributed by atoms with Gasteiger partial charge in [0.2, 0.25) is 0 Å². The summed E-state index contributed by atoms with van der Waals surface area (Å²) in [4.78, 5) is 2.62. The Morgan fingerprint density at radius 3 is 2.55 bits per heavy atom. The Balaban J connectivity index is 1.84. The number of thiophene rings is 1. The Kier molecular flexibility index (Phi) is 5.88. The fourth-order valence-corrected chi connectivity index (χ4v) is 3.25. The molecule has 1 N–H and O–H groups in total. The summed E-state index contributed by atoms with van der Waals surface area (Å²) in [6.45, 7) is 4.13. The molecule has 0 atom stereocenters. The highest BCUT2D eigenvalue weighted by molar-refractivity contribution is 9.10. The Labute approximate surface area is 132 Å². The summed E-state index contributed by atoms with van der Waals surface area (Å²) >= 11 is 5.34. The molecule has 0 aliphatic rings. The Hall–Kier alpha value is -1.04. The quantitative estimate of drug-likeness (QED) is 0.744. The van der Waals surface area contributed by atoms with Crippen LogP contribution in [0.15, 0.2) is 34.8 Å². The minimum absolute atomic E-state index is 0.575. The van der Waals surface area contributed by atoms with E-state index in [1.165, 1.54) is 14.2 Å². The first-order chi connectivity index (χ1) is 9.69. The van der Waals surface area contributed by atoms with Gasteiger partial charge in [0.15, 0.2) is 0 Å². The van der Waals surface area contributed by atoms with Crippen LogP contribution in [-0.2, 0) is 11.3 Å². The number of nitrogens with one attached hydrogen (secondary N) is 1. The number of ether oxygens (including phenoxy) is 2. The molecule has 0 bridgehead atoms. The third-order valence-electron chi connectivity index (χ3n) is 2.79. The Bertz CT molecular complexity index is 520. The van der Waals surface area contributed by atoms with Crippen LogP contribution in [0.4, 0.5) is 5.69 Å². The molecule has 0 amide bonds. The van der Waals surface area contributed by atoms with Crippen LogP contribution in [0, 0.1) is 6.92 Å². The van der Waals surface area contributed by atoms with E-state index in [1.807, 2.05) is 24.3 Å². The molecule has 3 nitrogen and oxygen atoms in total. The molecule has 2 rings (SSSR count). The van der Waals surface area contributed by atoms with Gasteiger partial charge in [0.05, 0.1) is 6.61 Å². The van der Waals surface area contributed by atoms with Gasteiger partial charge in [-0.15, -0.1) is 11.3 Å². The second-order valence-corrected chi connectivity index (χ2v) is 6.53. The maximum Gasteiger partial charge on any atom is 0.119 e. The number of rotatable bonds is 7. The fraction of sp³-hybridized carbons (Fsp3) is 0.333. The van der Waals surface area contributed by atoms with E-state index >= 15 is 0 Å². The fourth-order valence-electron chi connectivity index (χ4n) is 1.71. The number of hydrogen-bond acceptors (Lipinski definition) is 4. The van der Waals surface area contributed by atoms with Crippen LogP contribution in [0.3, 0.4) is 0 Å². The molecule has 0 unspecified atom stereocenters. The molecular weight excluding hydrogens is 338 g/mol. The first kappa shape index (κ1) is 15.4. The van der Waals surface area contributed by atoms with Crippen LogP contribution in [0.2, 0.25) is 0 Å². The van der Waals surface area contributed by atoms with Crippen molar-refractivity contribution in [2.45, 2.75) is 13.5 Å². The maximum atomic E-state index is 5.53. The number of methoxy groups -OCH3 is 1. The van der Waals surface area contributed by atoms with Crippen molar-refractivity contribution in [1.29, 1.82) is 0 Å². The molecule has 108 valence electrons. The lowest BCUT2D eigenvalue weighted by Gasteiger charge is -2.08. The summed E-state index contributed by atoms with van der Waals surface area (Å²) in [6, 6.07) is 10.1. The molecule has 0 aliphatic carbocycles. The zero-order valence-corrected chi connectivity index (χ0v) is 14.0. The molecule has 5 heteroatoms. The lowest BCUT2D eigenvalue weighted by molar-refractivity contribution is 0.146. The number of halogens is 1. The summed E-state index contributed by atoms with van der Waals surface area (Å²) in [5.41, 5.74) is 1.09. The van der Waals surface area contributed by atoms with Gasteiger partial charge in [0.25, 0.3) is 0 Å². The van der Waals surface area contributed by atoms with E-state index in [1.54, 1.807) is 18.4 Å². The zero-order valence-electron chi connectivity index (χ0n) is 11.6. The normalized spacial score (nSPS) is 10.6. The van der Waals surface area contributed by atoms with Crippen molar-refractivity contribution in [3.05, 3.63) is 44.6 Å². The van der Waals surface area contributed by atoms with Gasteiger partial charge in [0, 0.05) is 33.6 Å². The van der Waals surface area contributed by atoms with E-state index in [0.29, 0.717) is 13.2 Å². The van der Waals surface area contributed by atoms with Gasteiger partial charge in [-0.25, -0.2) is 0 Å². The van der Waals surface area contributed by atoms with Crippen LogP contribution in [0.5, 0.6) is 5.75 Å². The van der Waals surface area contributed by atoms with E-state index in [2.05, 4.69) is 34.2 Å². The molecule has 0 spiro atoms. The molecule has 0 saturated carbocycles. The number of anilines is 1. The smallest absolute Gasteiger partial charge is 0.119 e. The predicted molar refractivity (Wildman–Crippen MR) is 87.9 cm³/mol. The van der Waals surface area contributed by atoms with Crippen LogP contribution in [-0.4, -0.2) is 20.3 Å². The van der Waals surface area contributed by atoms with Crippen molar-refractivity contribution >= 4 is 33.0 Å². The average Bonchev–Trinajstić information content (AvgIpc) is 2.77. The summed E-state index contributed by atoms with van der Waals surface area (Å²) in [7, 11) is 1.67. The maximum absolute atomic E-state index is 5.53. The van der Waals surface area contributed by atoms with Crippen LogP contribution in [0.1, 0.15) is 9.75 Å². The van der Waals surface area contributed by atoms with Crippen molar-refractivity contribution in [2.24, 2.45) is 0 Å². The summed E-state index contributed by atoms with van der Waals surface area (Å²) in [6.07, 6.45) is 0. The molecule has 0 aliphatic heterocycles. The van der Waals surface area contributed by atoms with Gasteiger partial charge in [-0.05, 0) is 53.2 Å². The summed E-state index contributed by atoms with van der Waals surface area (Å²) < 4.78 is 11.7. The number of aryl methyl sites for hydroxylation is 1. The first-order valence-electron chi connectivity index (χ1n) is 6.39. The van der Waals surface area contributed by atoms with Crippen LogP contribution < -0.4 is 10.1 Å². The molecule has 1 aromatic carbocycles. The largest absolute Gasteiger partial charge is 0.491 e. The van der Waals surface area contributed by atoms with E-state index in [4.69, 9.17) is 9.47 Å².